The molecule has 1 aliphatic rings. The van der Waals surface area contributed by atoms with Crippen LogP contribution in [0.1, 0.15) is 43.4 Å². The molecule has 2 aromatic rings. The summed E-state index contributed by atoms with van der Waals surface area (Å²) in [5.41, 5.74) is 3.49. The maximum Gasteiger partial charge on any atom is 0.222 e. The van der Waals surface area contributed by atoms with Crippen molar-refractivity contribution in [1.29, 1.82) is 0 Å². The Hall–Kier alpha value is -2.86. The minimum absolute atomic E-state index is 0.221. The van der Waals surface area contributed by atoms with Crippen molar-refractivity contribution in [2.24, 2.45) is 4.99 Å². The predicted octanol–water partition coefficient (Wildman–Crippen LogP) is 3.47. The van der Waals surface area contributed by atoms with Crippen LogP contribution < -0.4 is 10.6 Å². The second kappa shape index (κ2) is 12.1. The lowest BCUT2D eigenvalue weighted by molar-refractivity contribution is -0.129. The fraction of sp³-hybridized carbons (Fsp3) is 0.440. The Kier molecular flexibility index (Phi) is 8.91. The number of hydrogen-bond donors (Lipinski definition) is 2. The number of carbonyl (C=O) groups excluding carboxylic acids is 1. The molecule has 31 heavy (non-hydrogen) atoms. The predicted molar refractivity (Wildman–Crippen MR) is 125 cm³/mol. The Morgan fingerprint density at radius 1 is 1.03 bits per heavy atom. The quantitative estimate of drug-likeness (QED) is 0.480. The van der Waals surface area contributed by atoms with E-state index in [1.54, 1.807) is 0 Å². The SMILES string of the molecule is CCNC(=NCc1ccc(COCc2ccccc2)cc1)NC1CCN(C(=O)CC)C1. The van der Waals surface area contributed by atoms with Crippen LogP contribution in [0.3, 0.4) is 0 Å². The third-order valence-electron chi connectivity index (χ3n) is 5.35. The second-order valence-corrected chi connectivity index (χ2v) is 7.81. The molecule has 1 atom stereocenters. The lowest BCUT2D eigenvalue weighted by Gasteiger charge is -2.18. The molecule has 0 aromatic heterocycles. The highest BCUT2D eigenvalue weighted by atomic mass is 16.5. The van der Waals surface area contributed by atoms with Gasteiger partial charge in [-0.25, -0.2) is 4.99 Å². The van der Waals surface area contributed by atoms with Crippen molar-refractivity contribution in [2.45, 2.75) is 52.5 Å². The minimum Gasteiger partial charge on any atom is -0.372 e. The topological polar surface area (TPSA) is 66.0 Å². The molecular weight excluding hydrogens is 388 g/mol. The Bertz CT molecular complexity index is 836. The van der Waals surface area contributed by atoms with Gasteiger partial charge in [-0.3, -0.25) is 4.79 Å². The van der Waals surface area contributed by atoms with Gasteiger partial charge < -0.3 is 20.3 Å². The molecule has 166 valence electrons. The zero-order valence-electron chi connectivity index (χ0n) is 18.6. The molecule has 0 radical (unpaired) electrons. The second-order valence-electron chi connectivity index (χ2n) is 7.81. The van der Waals surface area contributed by atoms with E-state index in [2.05, 4.69) is 54.0 Å². The van der Waals surface area contributed by atoms with Gasteiger partial charge in [0.1, 0.15) is 0 Å². The number of nitrogens with one attached hydrogen (secondary N) is 2. The van der Waals surface area contributed by atoms with Crippen LogP contribution in [-0.4, -0.2) is 42.4 Å². The van der Waals surface area contributed by atoms with Crippen LogP contribution >= 0.6 is 0 Å². The summed E-state index contributed by atoms with van der Waals surface area (Å²) in [7, 11) is 0. The Morgan fingerprint density at radius 2 is 1.71 bits per heavy atom. The summed E-state index contributed by atoms with van der Waals surface area (Å²) in [5.74, 6) is 1.02. The maximum absolute atomic E-state index is 11.9. The van der Waals surface area contributed by atoms with Crippen molar-refractivity contribution in [3.05, 3.63) is 71.3 Å². The fourth-order valence-corrected chi connectivity index (χ4v) is 3.61. The zero-order chi connectivity index (χ0) is 21.9. The Morgan fingerprint density at radius 3 is 2.39 bits per heavy atom. The fourth-order valence-electron chi connectivity index (χ4n) is 3.61. The molecule has 1 fully saturated rings. The number of hydrogen-bond acceptors (Lipinski definition) is 3. The van der Waals surface area contributed by atoms with Gasteiger partial charge in [-0.05, 0) is 30.0 Å². The first kappa shape index (κ1) is 22.8. The largest absolute Gasteiger partial charge is 0.372 e. The molecular formula is C25H34N4O2. The van der Waals surface area contributed by atoms with E-state index in [0.717, 1.165) is 43.1 Å². The Balaban J connectivity index is 1.47. The van der Waals surface area contributed by atoms with Gasteiger partial charge in [-0.2, -0.15) is 0 Å². The molecule has 1 aliphatic heterocycles. The summed E-state index contributed by atoms with van der Waals surface area (Å²) < 4.78 is 5.81. The van der Waals surface area contributed by atoms with E-state index in [0.29, 0.717) is 26.2 Å². The molecule has 1 heterocycles. The molecule has 6 nitrogen and oxygen atoms in total. The highest BCUT2D eigenvalue weighted by Crippen LogP contribution is 2.11. The highest BCUT2D eigenvalue weighted by molar-refractivity contribution is 5.80. The first-order valence-corrected chi connectivity index (χ1v) is 11.2. The number of ether oxygens (including phenoxy) is 1. The van der Waals surface area contributed by atoms with Gasteiger partial charge >= 0.3 is 0 Å². The van der Waals surface area contributed by atoms with Crippen molar-refractivity contribution in [1.82, 2.24) is 15.5 Å². The van der Waals surface area contributed by atoms with Crippen molar-refractivity contribution in [3.63, 3.8) is 0 Å². The molecule has 1 saturated heterocycles. The standard InChI is InChI=1S/C25H34N4O2/c1-3-24(30)29-15-14-23(17-29)28-25(26-4-2)27-16-20-10-12-22(13-11-20)19-31-18-21-8-6-5-7-9-21/h5-13,23H,3-4,14-19H2,1-2H3,(H2,26,27,28). The van der Waals surface area contributed by atoms with Crippen LogP contribution in [0.2, 0.25) is 0 Å². The highest BCUT2D eigenvalue weighted by Gasteiger charge is 2.25. The third kappa shape index (κ3) is 7.40. The molecule has 1 amide bonds. The smallest absolute Gasteiger partial charge is 0.222 e. The minimum atomic E-state index is 0.221. The molecule has 1 unspecified atom stereocenters. The van der Waals surface area contributed by atoms with E-state index in [1.165, 1.54) is 5.56 Å². The molecule has 3 rings (SSSR count). The van der Waals surface area contributed by atoms with Crippen molar-refractivity contribution >= 4 is 11.9 Å². The molecule has 0 aliphatic carbocycles. The number of guanidine groups is 1. The Labute approximate surface area is 185 Å². The van der Waals surface area contributed by atoms with Gasteiger partial charge in [0, 0.05) is 32.1 Å². The first-order valence-electron chi connectivity index (χ1n) is 11.2. The third-order valence-corrected chi connectivity index (χ3v) is 5.35. The van der Waals surface area contributed by atoms with Gasteiger partial charge in [0.05, 0.1) is 19.8 Å². The van der Waals surface area contributed by atoms with Gasteiger partial charge in [-0.1, -0.05) is 61.5 Å². The number of rotatable bonds is 9. The molecule has 0 saturated carbocycles. The summed E-state index contributed by atoms with van der Waals surface area (Å²) in [6, 6.07) is 18.9. The lowest BCUT2D eigenvalue weighted by Crippen LogP contribution is -2.45. The molecule has 6 heteroatoms. The van der Waals surface area contributed by atoms with E-state index in [-0.39, 0.29) is 11.9 Å². The van der Waals surface area contributed by atoms with E-state index >= 15 is 0 Å². The summed E-state index contributed by atoms with van der Waals surface area (Å²) in [6.45, 7) is 8.15. The number of nitrogens with zero attached hydrogens (tertiary/aromatic N) is 2. The molecule has 0 bridgehead atoms. The maximum atomic E-state index is 11.9. The number of likely N-dealkylation sites (tertiary alicyclic amines) is 1. The zero-order valence-corrected chi connectivity index (χ0v) is 18.6. The van der Waals surface area contributed by atoms with Gasteiger partial charge in [0.2, 0.25) is 5.91 Å². The number of carbonyl (C=O) groups is 1. The van der Waals surface area contributed by atoms with Crippen LogP contribution in [0.4, 0.5) is 0 Å². The molecule has 0 spiro atoms. The van der Waals surface area contributed by atoms with Crippen LogP contribution in [0.5, 0.6) is 0 Å². The molecule has 2 aromatic carbocycles. The number of amides is 1. The first-order chi connectivity index (χ1) is 15.2. The number of aliphatic imine (C=N–C) groups is 1. The van der Waals surface area contributed by atoms with E-state index in [9.17, 15) is 4.79 Å². The van der Waals surface area contributed by atoms with Crippen LogP contribution in [-0.2, 0) is 29.3 Å². The van der Waals surface area contributed by atoms with E-state index < -0.39 is 0 Å². The summed E-state index contributed by atoms with van der Waals surface area (Å²) in [6.07, 6.45) is 1.52. The van der Waals surface area contributed by atoms with Crippen LogP contribution in [0.15, 0.2) is 59.6 Å². The van der Waals surface area contributed by atoms with Crippen LogP contribution in [0.25, 0.3) is 0 Å². The lowest BCUT2D eigenvalue weighted by atomic mass is 10.1. The van der Waals surface area contributed by atoms with E-state index in [1.807, 2.05) is 30.0 Å². The average molecular weight is 423 g/mol. The average Bonchev–Trinajstić information content (AvgIpc) is 3.27. The summed E-state index contributed by atoms with van der Waals surface area (Å²) >= 11 is 0. The normalized spacial score (nSPS) is 16.4. The van der Waals surface area contributed by atoms with Crippen molar-refractivity contribution < 1.29 is 9.53 Å². The van der Waals surface area contributed by atoms with Gasteiger partial charge in [-0.15, -0.1) is 0 Å². The van der Waals surface area contributed by atoms with Crippen molar-refractivity contribution in [3.8, 4) is 0 Å². The number of benzene rings is 2. The molecule has 2 N–H and O–H groups in total. The van der Waals surface area contributed by atoms with Gasteiger partial charge in [0.25, 0.3) is 0 Å². The van der Waals surface area contributed by atoms with E-state index in [4.69, 9.17) is 9.73 Å². The monoisotopic (exact) mass is 422 g/mol. The van der Waals surface area contributed by atoms with Crippen molar-refractivity contribution in [2.75, 3.05) is 19.6 Å². The van der Waals surface area contributed by atoms with Crippen LogP contribution in [0, 0.1) is 0 Å². The summed E-state index contributed by atoms with van der Waals surface area (Å²) in [5, 5.41) is 6.78. The summed E-state index contributed by atoms with van der Waals surface area (Å²) in [4.78, 5) is 18.5. The van der Waals surface area contributed by atoms with Gasteiger partial charge in [0.15, 0.2) is 5.96 Å².